The average molecular weight is 398 g/mol. The molecule has 0 spiro atoms. The van der Waals surface area contributed by atoms with Crippen LogP contribution in [0.3, 0.4) is 0 Å². The van der Waals surface area contributed by atoms with Crippen LogP contribution in [0.1, 0.15) is 42.1 Å². The van der Waals surface area contributed by atoms with Gasteiger partial charge in [-0.05, 0) is 50.8 Å². The Labute approximate surface area is 167 Å². The minimum Gasteiger partial charge on any atom is -0.477 e. The Bertz CT molecular complexity index is 1070. The molecule has 2 N–H and O–H groups in total. The first-order chi connectivity index (χ1) is 13.9. The summed E-state index contributed by atoms with van der Waals surface area (Å²) in [5.41, 5.74) is 0.0229. The third kappa shape index (κ3) is 3.58. The second kappa shape index (κ2) is 7.48. The number of aromatic carboxylic acids is 1. The fourth-order valence-electron chi connectivity index (χ4n) is 4.22. The third-order valence-corrected chi connectivity index (χ3v) is 5.97. The molecule has 2 aromatic rings. The van der Waals surface area contributed by atoms with Gasteiger partial charge in [-0.2, -0.15) is 5.26 Å². The van der Waals surface area contributed by atoms with Gasteiger partial charge in [0.25, 0.3) is 0 Å². The van der Waals surface area contributed by atoms with Crippen molar-refractivity contribution in [3.8, 4) is 6.07 Å². The van der Waals surface area contributed by atoms with Crippen molar-refractivity contribution < 1.29 is 14.3 Å². The Kier molecular flexibility index (Phi) is 5.01. The fraction of sp³-hybridized carbons (Fsp3) is 0.476. The lowest BCUT2D eigenvalue weighted by molar-refractivity contribution is 0.0695. The number of nitrogens with one attached hydrogen (secondary N) is 1. The van der Waals surface area contributed by atoms with Crippen molar-refractivity contribution in [1.82, 2.24) is 9.88 Å². The van der Waals surface area contributed by atoms with Gasteiger partial charge in [0.2, 0.25) is 5.43 Å². The second-order valence-electron chi connectivity index (χ2n) is 7.94. The van der Waals surface area contributed by atoms with E-state index < -0.39 is 17.2 Å². The van der Waals surface area contributed by atoms with E-state index in [0.29, 0.717) is 30.7 Å². The van der Waals surface area contributed by atoms with E-state index >= 15 is 0 Å². The van der Waals surface area contributed by atoms with Crippen LogP contribution in [-0.4, -0.2) is 41.8 Å². The number of carboxylic acids is 1. The maximum Gasteiger partial charge on any atom is 0.341 e. The molecule has 1 saturated heterocycles. The molecule has 4 rings (SSSR count). The molecule has 2 aliphatic rings. The highest BCUT2D eigenvalue weighted by molar-refractivity contribution is 5.93. The van der Waals surface area contributed by atoms with Gasteiger partial charge in [0.15, 0.2) is 0 Å². The standard InChI is InChI=1S/C21H23FN4O3/c1-24-13(9-23)6-12-4-5-25(10-12)19-8-18-15(7-17(19)22)20(27)16(21(28)29)11-26(18)14-2-3-14/h7-8,11-14,24H,2-6,10H2,1H3,(H,28,29). The van der Waals surface area contributed by atoms with Crippen molar-refractivity contribution in [2.75, 3.05) is 25.0 Å². The first kappa shape index (κ1) is 19.4. The van der Waals surface area contributed by atoms with Crippen molar-refractivity contribution in [2.24, 2.45) is 5.92 Å². The summed E-state index contributed by atoms with van der Waals surface area (Å²) in [6.45, 7) is 1.32. The number of nitriles is 1. The lowest BCUT2D eigenvalue weighted by Gasteiger charge is -2.22. The van der Waals surface area contributed by atoms with Crippen LogP contribution in [0.15, 0.2) is 23.1 Å². The molecule has 0 bridgehead atoms. The summed E-state index contributed by atoms with van der Waals surface area (Å²) >= 11 is 0. The normalized spacial score (nSPS) is 20.0. The molecule has 1 aliphatic carbocycles. The number of anilines is 1. The maximum absolute atomic E-state index is 15.0. The molecular weight excluding hydrogens is 375 g/mol. The number of benzene rings is 1. The molecule has 2 heterocycles. The average Bonchev–Trinajstić information content (AvgIpc) is 3.44. The molecule has 1 saturated carbocycles. The predicted molar refractivity (Wildman–Crippen MR) is 107 cm³/mol. The van der Waals surface area contributed by atoms with Gasteiger partial charge in [0.05, 0.1) is 23.3 Å². The number of rotatable bonds is 6. The first-order valence-electron chi connectivity index (χ1n) is 9.86. The van der Waals surface area contributed by atoms with Crippen molar-refractivity contribution in [1.29, 1.82) is 5.26 Å². The molecule has 7 nitrogen and oxygen atoms in total. The van der Waals surface area contributed by atoms with E-state index in [0.717, 1.165) is 19.3 Å². The summed E-state index contributed by atoms with van der Waals surface area (Å²) in [6.07, 6.45) is 4.78. The smallest absolute Gasteiger partial charge is 0.341 e. The monoisotopic (exact) mass is 398 g/mol. The number of pyridine rings is 1. The molecule has 2 unspecified atom stereocenters. The van der Waals surface area contributed by atoms with Crippen molar-refractivity contribution in [2.45, 2.75) is 37.8 Å². The number of fused-ring (bicyclic) bond motifs is 1. The highest BCUT2D eigenvalue weighted by Crippen LogP contribution is 2.38. The second-order valence-corrected chi connectivity index (χ2v) is 7.94. The number of hydrogen-bond acceptors (Lipinski definition) is 5. The molecule has 29 heavy (non-hydrogen) atoms. The molecular formula is C21H23FN4O3. The summed E-state index contributed by atoms with van der Waals surface area (Å²) in [6, 6.07) is 5.00. The van der Waals surface area contributed by atoms with Gasteiger partial charge in [-0.15, -0.1) is 0 Å². The maximum atomic E-state index is 15.0. The predicted octanol–water partition coefficient (Wildman–Crippen LogP) is 2.50. The summed E-state index contributed by atoms with van der Waals surface area (Å²) in [4.78, 5) is 26.0. The highest BCUT2D eigenvalue weighted by atomic mass is 19.1. The van der Waals surface area contributed by atoms with Crippen molar-refractivity contribution in [3.05, 3.63) is 39.9 Å². The first-order valence-corrected chi connectivity index (χ1v) is 9.86. The SMILES string of the molecule is CNC(C#N)CC1CCN(c2cc3c(cc2F)c(=O)c(C(=O)O)cn3C2CC2)C1. The van der Waals surface area contributed by atoms with Crippen molar-refractivity contribution in [3.63, 3.8) is 0 Å². The number of aromatic nitrogens is 1. The Morgan fingerprint density at radius 2 is 2.17 bits per heavy atom. The van der Waals surface area contributed by atoms with Gasteiger partial charge in [-0.1, -0.05) is 0 Å². The molecule has 1 aromatic heterocycles. The lowest BCUT2D eigenvalue weighted by Crippen LogP contribution is -2.28. The van der Waals surface area contributed by atoms with Crippen LogP contribution in [-0.2, 0) is 0 Å². The minimum atomic E-state index is -1.30. The van der Waals surface area contributed by atoms with E-state index in [2.05, 4.69) is 11.4 Å². The van der Waals surface area contributed by atoms with Crippen LogP contribution in [0, 0.1) is 23.1 Å². The lowest BCUT2D eigenvalue weighted by atomic mass is 10.00. The summed E-state index contributed by atoms with van der Waals surface area (Å²) in [5.74, 6) is -1.54. The number of nitrogens with zero attached hydrogens (tertiary/aromatic N) is 3. The molecule has 1 aliphatic heterocycles. The Morgan fingerprint density at radius 3 is 2.79 bits per heavy atom. The van der Waals surface area contributed by atoms with Crippen LogP contribution in [0.25, 0.3) is 10.9 Å². The largest absolute Gasteiger partial charge is 0.477 e. The van der Waals surface area contributed by atoms with Gasteiger partial charge in [0, 0.05) is 30.7 Å². The number of halogens is 1. The zero-order chi connectivity index (χ0) is 20.7. The molecule has 8 heteroatoms. The van der Waals surface area contributed by atoms with Gasteiger partial charge >= 0.3 is 5.97 Å². The van der Waals surface area contributed by atoms with Crippen LogP contribution >= 0.6 is 0 Å². The van der Waals surface area contributed by atoms with Gasteiger partial charge in [-0.3, -0.25) is 4.79 Å². The summed E-state index contributed by atoms with van der Waals surface area (Å²) in [5, 5.41) is 21.6. The van der Waals surface area contributed by atoms with E-state index in [1.165, 1.54) is 12.3 Å². The quantitative estimate of drug-likeness (QED) is 0.776. The van der Waals surface area contributed by atoms with Crippen LogP contribution in [0.5, 0.6) is 0 Å². The molecule has 152 valence electrons. The topological polar surface area (TPSA) is 98.4 Å². The number of carboxylic acid groups (broad SMARTS) is 1. The van der Waals surface area contributed by atoms with E-state index in [1.54, 1.807) is 13.1 Å². The zero-order valence-electron chi connectivity index (χ0n) is 16.2. The number of carbonyl (C=O) groups is 1. The minimum absolute atomic E-state index is 0.105. The van der Waals surface area contributed by atoms with Gasteiger partial charge in [-0.25, -0.2) is 9.18 Å². The van der Waals surface area contributed by atoms with Crippen LogP contribution in [0.2, 0.25) is 0 Å². The number of hydrogen-bond donors (Lipinski definition) is 2. The van der Waals surface area contributed by atoms with E-state index in [9.17, 15) is 19.1 Å². The molecule has 1 aromatic carbocycles. The molecule has 0 amide bonds. The van der Waals surface area contributed by atoms with Crippen LogP contribution < -0.4 is 15.6 Å². The molecule has 2 fully saturated rings. The zero-order valence-corrected chi connectivity index (χ0v) is 16.2. The van der Waals surface area contributed by atoms with E-state index in [-0.39, 0.29) is 29.0 Å². The Balaban J connectivity index is 1.72. The Hall–Kier alpha value is -2.92. The van der Waals surface area contributed by atoms with Gasteiger partial charge < -0.3 is 19.9 Å². The third-order valence-electron chi connectivity index (χ3n) is 5.97. The molecule has 0 radical (unpaired) electrons. The Morgan fingerprint density at radius 1 is 1.41 bits per heavy atom. The summed E-state index contributed by atoms with van der Waals surface area (Å²) < 4.78 is 16.8. The van der Waals surface area contributed by atoms with E-state index in [4.69, 9.17) is 5.26 Å². The molecule has 2 atom stereocenters. The fourth-order valence-corrected chi connectivity index (χ4v) is 4.22. The van der Waals surface area contributed by atoms with Crippen molar-refractivity contribution >= 4 is 22.6 Å². The summed E-state index contributed by atoms with van der Waals surface area (Å²) in [7, 11) is 1.76. The highest BCUT2D eigenvalue weighted by Gasteiger charge is 2.30. The van der Waals surface area contributed by atoms with Crippen LogP contribution in [0.4, 0.5) is 10.1 Å². The van der Waals surface area contributed by atoms with Gasteiger partial charge in [0.1, 0.15) is 11.4 Å². The van der Waals surface area contributed by atoms with E-state index in [1.807, 2.05) is 9.47 Å².